The molecule has 1 aliphatic rings. The maximum atomic E-state index is 12.9. The Morgan fingerprint density at radius 3 is 2.47 bits per heavy atom. The van der Waals surface area contributed by atoms with Crippen molar-refractivity contribution < 1.29 is 8.78 Å². The van der Waals surface area contributed by atoms with Crippen LogP contribution in [0.25, 0.3) is 0 Å². The van der Waals surface area contributed by atoms with Crippen molar-refractivity contribution in [1.82, 2.24) is 0 Å². The van der Waals surface area contributed by atoms with Gasteiger partial charge in [0.2, 0.25) is 0 Å². The van der Waals surface area contributed by atoms with E-state index < -0.39 is 11.5 Å². The summed E-state index contributed by atoms with van der Waals surface area (Å²) in [4.78, 5) is 0. The van der Waals surface area contributed by atoms with Crippen molar-refractivity contribution in [2.75, 3.05) is 0 Å². The monoisotopic (exact) mass is 275 g/mol. The van der Waals surface area contributed by atoms with E-state index in [1.165, 1.54) is 0 Å². The third-order valence-corrected chi connectivity index (χ3v) is 3.50. The highest BCUT2D eigenvalue weighted by Crippen LogP contribution is 2.51. The molecule has 0 unspecified atom stereocenters. The van der Waals surface area contributed by atoms with Gasteiger partial charge in [0.15, 0.2) is 0 Å². The van der Waals surface area contributed by atoms with Gasteiger partial charge in [0.1, 0.15) is 0 Å². The first kappa shape index (κ1) is 11.0. The molecule has 0 aromatic heterocycles. The first-order chi connectivity index (χ1) is 6.82. The molecule has 15 heavy (non-hydrogen) atoms. The summed E-state index contributed by atoms with van der Waals surface area (Å²) in [5.41, 5.74) is 6.91. The highest BCUT2D eigenvalue weighted by atomic mass is 79.9. The van der Waals surface area contributed by atoms with Crippen LogP contribution in [0.2, 0.25) is 0 Å². The predicted octanol–water partition coefficient (Wildman–Crippen LogP) is 3.34. The molecule has 1 aromatic rings. The molecule has 1 saturated carbocycles. The first-order valence-electron chi connectivity index (χ1n) is 4.76. The largest absolute Gasteiger partial charge is 0.321 e. The molecular weight excluding hydrogens is 264 g/mol. The van der Waals surface area contributed by atoms with Crippen molar-refractivity contribution >= 4 is 15.9 Å². The van der Waals surface area contributed by atoms with Gasteiger partial charge in [-0.15, -0.1) is 0 Å². The van der Waals surface area contributed by atoms with Crippen LogP contribution in [0.1, 0.15) is 24.0 Å². The molecule has 1 aromatic carbocycles. The highest BCUT2D eigenvalue weighted by molar-refractivity contribution is 9.10. The third-order valence-electron chi connectivity index (χ3n) is 2.81. The summed E-state index contributed by atoms with van der Waals surface area (Å²) >= 11 is 3.35. The fourth-order valence-corrected chi connectivity index (χ4v) is 2.72. The molecule has 4 heteroatoms. The quantitative estimate of drug-likeness (QED) is 0.836. The molecule has 1 fully saturated rings. The average molecular weight is 276 g/mol. The lowest BCUT2D eigenvalue weighted by Crippen LogP contribution is -2.55. The van der Waals surface area contributed by atoms with Crippen LogP contribution in [-0.4, -0.2) is 5.92 Å². The topological polar surface area (TPSA) is 26.0 Å². The van der Waals surface area contributed by atoms with Crippen molar-refractivity contribution in [1.29, 1.82) is 0 Å². The number of benzene rings is 1. The van der Waals surface area contributed by atoms with E-state index in [0.717, 1.165) is 15.6 Å². The molecule has 2 rings (SSSR count). The Bertz CT molecular complexity index is 396. The molecule has 0 bridgehead atoms. The van der Waals surface area contributed by atoms with E-state index in [1.807, 2.05) is 25.1 Å². The summed E-state index contributed by atoms with van der Waals surface area (Å²) in [5.74, 6) is -2.60. The van der Waals surface area contributed by atoms with Crippen LogP contribution in [-0.2, 0) is 5.54 Å². The van der Waals surface area contributed by atoms with E-state index >= 15 is 0 Å². The molecule has 1 aliphatic carbocycles. The molecule has 2 N–H and O–H groups in total. The number of nitrogens with two attached hydrogens (primary N) is 1. The summed E-state index contributed by atoms with van der Waals surface area (Å²) in [6.07, 6.45) is -0.524. The van der Waals surface area contributed by atoms with Gasteiger partial charge in [-0.2, -0.15) is 0 Å². The molecule has 0 amide bonds. The van der Waals surface area contributed by atoms with Crippen molar-refractivity contribution in [2.24, 2.45) is 5.73 Å². The Balaban J connectivity index is 2.35. The minimum Gasteiger partial charge on any atom is -0.321 e. The Morgan fingerprint density at radius 1 is 1.33 bits per heavy atom. The summed E-state index contributed by atoms with van der Waals surface area (Å²) in [5, 5.41) is 0. The van der Waals surface area contributed by atoms with Gasteiger partial charge in [0.05, 0.1) is 5.54 Å². The SMILES string of the molecule is Cc1ccc(Br)c(C2(N)CC(F)(F)C2)c1. The maximum Gasteiger partial charge on any atom is 0.252 e. The van der Waals surface area contributed by atoms with Gasteiger partial charge in [-0.25, -0.2) is 8.78 Å². The lowest BCUT2D eigenvalue weighted by Gasteiger charge is -2.45. The second kappa shape index (κ2) is 3.25. The van der Waals surface area contributed by atoms with Gasteiger partial charge in [0.25, 0.3) is 5.92 Å². The van der Waals surface area contributed by atoms with Crippen LogP contribution in [0.4, 0.5) is 8.78 Å². The van der Waals surface area contributed by atoms with Crippen molar-refractivity contribution in [3.05, 3.63) is 33.8 Å². The van der Waals surface area contributed by atoms with Crippen LogP contribution < -0.4 is 5.73 Å². The number of alkyl halides is 2. The molecule has 0 heterocycles. The van der Waals surface area contributed by atoms with Crippen LogP contribution >= 0.6 is 15.9 Å². The van der Waals surface area contributed by atoms with E-state index in [4.69, 9.17) is 5.73 Å². The summed E-state index contributed by atoms with van der Waals surface area (Å²) in [6, 6.07) is 5.66. The molecule has 0 atom stereocenters. The fraction of sp³-hybridized carbons (Fsp3) is 0.455. The number of halogens is 3. The number of rotatable bonds is 1. The molecular formula is C11H12BrF2N. The Kier molecular flexibility index (Phi) is 2.39. The lowest BCUT2D eigenvalue weighted by atomic mass is 9.69. The average Bonchev–Trinajstić information content (AvgIpc) is 2.05. The predicted molar refractivity (Wildman–Crippen MR) is 58.9 cm³/mol. The van der Waals surface area contributed by atoms with Gasteiger partial charge in [-0.1, -0.05) is 33.6 Å². The van der Waals surface area contributed by atoms with Crippen molar-refractivity contribution in [2.45, 2.75) is 31.2 Å². The number of hydrogen-bond acceptors (Lipinski definition) is 1. The molecule has 82 valence electrons. The zero-order chi connectivity index (χ0) is 11.3. The zero-order valence-electron chi connectivity index (χ0n) is 8.36. The van der Waals surface area contributed by atoms with E-state index in [1.54, 1.807) is 0 Å². The van der Waals surface area contributed by atoms with Gasteiger partial charge < -0.3 is 5.73 Å². The Labute approximate surface area is 95.8 Å². The Hall–Kier alpha value is -0.480. The van der Waals surface area contributed by atoms with Gasteiger partial charge in [-0.05, 0) is 18.6 Å². The second-order valence-electron chi connectivity index (χ2n) is 4.35. The normalized spacial score (nSPS) is 22.2. The van der Waals surface area contributed by atoms with E-state index in [9.17, 15) is 8.78 Å². The standard InChI is InChI=1S/C11H12BrF2N/c1-7-2-3-9(12)8(4-7)10(15)5-11(13,14)6-10/h2-4H,5-6,15H2,1H3. The van der Waals surface area contributed by atoms with Crippen molar-refractivity contribution in [3.8, 4) is 0 Å². The van der Waals surface area contributed by atoms with Crippen LogP contribution in [0.5, 0.6) is 0 Å². The van der Waals surface area contributed by atoms with Gasteiger partial charge >= 0.3 is 0 Å². The van der Waals surface area contributed by atoms with E-state index in [0.29, 0.717) is 0 Å². The number of hydrogen-bond donors (Lipinski definition) is 1. The minimum atomic E-state index is -2.60. The summed E-state index contributed by atoms with van der Waals surface area (Å²) < 4.78 is 26.5. The molecule has 0 spiro atoms. The zero-order valence-corrected chi connectivity index (χ0v) is 9.94. The lowest BCUT2D eigenvalue weighted by molar-refractivity contribution is -0.125. The second-order valence-corrected chi connectivity index (χ2v) is 5.20. The number of aryl methyl sites for hydroxylation is 1. The van der Waals surface area contributed by atoms with Crippen LogP contribution in [0.3, 0.4) is 0 Å². The molecule has 0 saturated heterocycles. The minimum absolute atomic E-state index is 0.262. The Morgan fingerprint density at radius 2 is 1.93 bits per heavy atom. The smallest absolute Gasteiger partial charge is 0.252 e. The first-order valence-corrected chi connectivity index (χ1v) is 5.55. The van der Waals surface area contributed by atoms with Gasteiger partial charge in [-0.3, -0.25) is 0 Å². The molecule has 0 aliphatic heterocycles. The van der Waals surface area contributed by atoms with Crippen LogP contribution in [0.15, 0.2) is 22.7 Å². The maximum absolute atomic E-state index is 12.9. The van der Waals surface area contributed by atoms with E-state index in [2.05, 4.69) is 15.9 Å². The molecule has 1 nitrogen and oxygen atoms in total. The van der Waals surface area contributed by atoms with Crippen LogP contribution in [0, 0.1) is 6.92 Å². The van der Waals surface area contributed by atoms with Gasteiger partial charge in [0, 0.05) is 17.3 Å². The third kappa shape index (κ3) is 1.93. The van der Waals surface area contributed by atoms with Crippen molar-refractivity contribution in [3.63, 3.8) is 0 Å². The summed E-state index contributed by atoms with van der Waals surface area (Å²) in [7, 11) is 0. The summed E-state index contributed by atoms with van der Waals surface area (Å²) in [6.45, 7) is 1.93. The fourth-order valence-electron chi connectivity index (χ4n) is 2.08. The van der Waals surface area contributed by atoms with E-state index in [-0.39, 0.29) is 12.8 Å². The molecule has 0 radical (unpaired) electrons. The highest BCUT2D eigenvalue weighted by Gasteiger charge is 2.55.